The van der Waals surface area contributed by atoms with Gasteiger partial charge in [0.1, 0.15) is 5.60 Å². The Morgan fingerprint density at radius 3 is 2.79 bits per heavy atom. The molecule has 2 aliphatic heterocycles. The maximum absolute atomic E-state index is 12.3. The molecule has 0 aromatic heterocycles. The molecular formula is C19H28N2O2S. The number of carbonyl (C=O) groups excluding carboxylic acids is 1. The molecule has 0 bridgehead atoms. The number of hydrogen-bond donors (Lipinski definition) is 2. The number of hydrogen-bond acceptors (Lipinski definition) is 4. The second-order valence-corrected chi connectivity index (χ2v) is 8.27. The number of aliphatic hydroxyl groups is 1. The fourth-order valence-corrected chi connectivity index (χ4v) is 4.72. The first-order chi connectivity index (χ1) is 11.7. The van der Waals surface area contributed by atoms with E-state index in [1.165, 1.54) is 5.56 Å². The summed E-state index contributed by atoms with van der Waals surface area (Å²) in [5, 5.41) is 13.4. The Kier molecular flexibility index (Phi) is 6.19. The Hall–Kier alpha value is -1.04. The molecular weight excluding hydrogens is 320 g/mol. The molecule has 0 aliphatic carbocycles. The van der Waals surface area contributed by atoms with Crippen molar-refractivity contribution in [3.8, 4) is 0 Å². The van der Waals surface area contributed by atoms with Gasteiger partial charge >= 0.3 is 0 Å². The van der Waals surface area contributed by atoms with E-state index in [9.17, 15) is 9.90 Å². The molecule has 1 aromatic carbocycles. The normalized spacial score (nSPS) is 24.0. The van der Waals surface area contributed by atoms with Crippen molar-refractivity contribution >= 4 is 17.7 Å². The Morgan fingerprint density at radius 1 is 1.29 bits per heavy atom. The summed E-state index contributed by atoms with van der Waals surface area (Å²) in [6.07, 6.45) is 3.37. The van der Waals surface area contributed by atoms with Crippen molar-refractivity contribution in [1.82, 2.24) is 10.2 Å². The van der Waals surface area contributed by atoms with Crippen LogP contribution in [0.4, 0.5) is 0 Å². The molecule has 3 rings (SSSR count). The zero-order chi connectivity index (χ0) is 16.8. The number of thioether (sulfide) groups is 1. The molecule has 2 fully saturated rings. The van der Waals surface area contributed by atoms with Crippen LogP contribution >= 0.6 is 11.8 Å². The largest absolute Gasteiger partial charge is 0.380 e. The topological polar surface area (TPSA) is 52.6 Å². The Balaban J connectivity index is 1.37. The van der Waals surface area contributed by atoms with Crippen molar-refractivity contribution in [3.63, 3.8) is 0 Å². The monoisotopic (exact) mass is 348 g/mol. The van der Waals surface area contributed by atoms with Crippen LogP contribution in [0.3, 0.4) is 0 Å². The lowest BCUT2D eigenvalue weighted by molar-refractivity contribution is -0.140. The van der Waals surface area contributed by atoms with Gasteiger partial charge in [-0.2, -0.15) is 11.8 Å². The highest BCUT2D eigenvalue weighted by molar-refractivity contribution is 7.99. The summed E-state index contributed by atoms with van der Waals surface area (Å²) >= 11 is 1.82. The van der Waals surface area contributed by atoms with Gasteiger partial charge in [0.05, 0.1) is 0 Å². The fraction of sp³-hybridized carbons (Fsp3) is 0.632. The number of carbonyl (C=O) groups is 1. The van der Waals surface area contributed by atoms with Crippen molar-refractivity contribution in [3.05, 3.63) is 35.9 Å². The van der Waals surface area contributed by atoms with Crippen molar-refractivity contribution in [2.75, 3.05) is 37.7 Å². The molecule has 24 heavy (non-hydrogen) atoms. The third kappa shape index (κ3) is 4.74. The molecule has 0 saturated carbocycles. The molecule has 5 heteroatoms. The van der Waals surface area contributed by atoms with Crippen LogP contribution in [0.15, 0.2) is 30.3 Å². The second kappa shape index (κ2) is 8.37. The molecule has 0 spiro atoms. The minimum Gasteiger partial charge on any atom is -0.380 e. The molecule has 1 unspecified atom stereocenters. The smallest absolute Gasteiger partial charge is 0.252 e. The predicted octanol–water partition coefficient (Wildman–Crippen LogP) is 1.93. The van der Waals surface area contributed by atoms with E-state index < -0.39 is 5.60 Å². The van der Waals surface area contributed by atoms with Gasteiger partial charge in [-0.3, -0.25) is 4.79 Å². The first-order valence-corrected chi connectivity index (χ1v) is 10.2. The maximum atomic E-state index is 12.3. The molecule has 2 saturated heterocycles. The molecule has 0 radical (unpaired) electrons. The lowest BCUT2D eigenvalue weighted by Crippen LogP contribution is -2.50. The van der Waals surface area contributed by atoms with Crippen molar-refractivity contribution < 1.29 is 9.90 Å². The number of likely N-dealkylation sites (tertiary alicyclic amines) is 1. The van der Waals surface area contributed by atoms with E-state index in [1.54, 1.807) is 0 Å². The summed E-state index contributed by atoms with van der Waals surface area (Å²) in [7, 11) is 0. The molecule has 1 amide bonds. The number of nitrogens with one attached hydrogen (secondary N) is 1. The van der Waals surface area contributed by atoms with E-state index in [2.05, 4.69) is 40.5 Å². The van der Waals surface area contributed by atoms with Crippen LogP contribution in [0.1, 0.15) is 24.8 Å². The predicted molar refractivity (Wildman–Crippen MR) is 99.2 cm³/mol. The Bertz CT molecular complexity index is 531. The van der Waals surface area contributed by atoms with Gasteiger partial charge in [0, 0.05) is 19.6 Å². The van der Waals surface area contributed by atoms with Crippen LogP contribution in [-0.2, 0) is 11.2 Å². The van der Waals surface area contributed by atoms with Gasteiger partial charge in [0.15, 0.2) is 0 Å². The van der Waals surface area contributed by atoms with E-state index in [0.29, 0.717) is 25.3 Å². The van der Waals surface area contributed by atoms with E-state index >= 15 is 0 Å². The van der Waals surface area contributed by atoms with Crippen molar-refractivity contribution in [2.45, 2.75) is 31.3 Å². The van der Waals surface area contributed by atoms with Gasteiger partial charge in [-0.1, -0.05) is 30.3 Å². The Labute approximate surface area is 149 Å². The van der Waals surface area contributed by atoms with Crippen LogP contribution in [-0.4, -0.2) is 59.2 Å². The third-order valence-electron chi connectivity index (χ3n) is 5.22. The van der Waals surface area contributed by atoms with Crippen LogP contribution < -0.4 is 5.32 Å². The summed E-state index contributed by atoms with van der Waals surface area (Å²) < 4.78 is 0. The average molecular weight is 349 g/mol. The quantitative estimate of drug-likeness (QED) is 0.825. The number of amides is 1. The summed E-state index contributed by atoms with van der Waals surface area (Å²) in [4.78, 5) is 14.8. The first kappa shape index (κ1) is 17.8. The highest BCUT2D eigenvalue weighted by Crippen LogP contribution is 2.27. The van der Waals surface area contributed by atoms with E-state index in [0.717, 1.165) is 44.0 Å². The van der Waals surface area contributed by atoms with E-state index in [4.69, 9.17) is 0 Å². The SMILES string of the molecule is O=C(NCC1CCN(CCc2ccccc2)C1)C1(O)CCSCC1. The molecule has 1 atom stereocenters. The van der Waals surface area contributed by atoms with Gasteiger partial charge in [0.25, 0.3) is 5.91 Å². The van der Waals surface area contributed by atoms with Crippen LogP contribution in [0.5, 0.6) is 0 Å². The van der Waals surface area contributed by atoms with Gasteiger partial charge < -0.3 is 15.3 Å². The molecule has 132 valence electrons. The van der Waals surface area contributed by atoms with Crippen LogP contribution in [0, 0.1) is 5.92 Å². The number of benzene rings is 1. The highest BCUT2D eigenvalue weighted by atomic mass is 32.2. The van der Waals surface area contributed by atoms with Gasteiger partial charge in [0.2, 0.25) is 0 Å². The molecule has 2 heterocycles. The van der Waals surface area contributed by atoms with Gasteiger partial charge in [-0.25, -0.2) is 0 Å². The highest BCUT2D eigenvalue weighted by Gasteiger charge is 2.37. The average Bonchev–Trinajstić information content (AvgIpc) is 3.07. The molecule has 4 nitrogen and oxygen atoms in total. The number of rotatable bonds is 6. The van der Waals surface area contributed by atoms with Crippen molar-refractivity contribution in [1.29, 1.82) is 0 Å². The third-order valence-corrected chi connectivity index (χ3v) is 6.21. The van der Waals surface area contributed by atoms with Gasteiger partial charge in [-0.15, -0.1) is 0 Å². The maximum Gasteiger partial charge on any atom is 0.252 e. The second-order valence-electron chi connectivity index (χ2n) is 7.04. The zero-order valence-electron chi connectivity index (χ0n) is 14.2. The lowest BCUT2D eigenvalue weighted by atomic mass is 9.95. The lowest BCUT2D eigenvalue weighted by Gasteiger charge is -2.30. The first-order valence-electron chi connectivity index (χ1n) is 9.00. The summed E-state index contributed by atoms with van der Waals surface area (Å²) in [5.41, 5.74) is 0.253. The number of nitrogens with zero attached hydrogens (tertiary/aromatic N) is 1. The molecule has 1 aromatic rings. The van der Waals surface area contributed by atoms with E-state index in [1.807, 2.05) is 11.8 Å². The summed E-state index contributed by atoms with van der Waals surface area (Å²) in [5.74, 6) is 2.10. The fourth-order valence-electron chi connectivity index (χ4n) is 3.55. The standard InChI is InChI=1S/C19H28N2O2S/c22-18(19(23)8-12-24-13-9-19)20-14-17-7-11-21(15-17)10-6-16-4-2-1-3-5-16/h1-5,17,23H,6-15H2,(H,20,22). The van der Waals surface area contributed by atoms with Crippen LogP contribution in [0.2, 0.25) is 0 Å². The summed E-state index contributed by atoms with van der Waals surface area (Å²) in [6.45, 7) is 3.92. The molecule has 2 aliphatic rings. The minimum absolute atomic E-state index is 0.162. The Morgan fingerprint density at radius 2 is 2.04 bits per heavy atom. The van der Waals surface area contributed by atoms with E-state index in [-0.39, 0.29) is 5.91 Å². The summed E-state index contributed by atoms with van der Waals surface area (Å²) in [6, 6.07) is 10.6. The van der Waals surface area contributed by atoms with Crippen LogP contribution in [0.25, 0.3) is 0 Å². The van der Waals surface area contributed by atoms with Crippen molar-refractivity contribution in [2.24, 2.45) is 5.92 Å². The zero-order valence-corrected chi connectivity index (χ0v) is 15.1. The van der Waals surface area contributed by atoms with Gasteiger partial charge in [-0.05, 0) is 55.2 Å². The molecule has 2 N–H and O–H groups in total. The minimum atomic E-state index is -1.13.